The fraction of sp³-hybridized carbons (Fsp3) is 0.697. The summed E-state index contributed by atoms with van der Waals surface area (Å²) in [7, 11) is -2.52. The molecule has 4 aliphatic rings. The number of nitrogens with zero attached hydrogens (tertiary/aromatic N) is 5. The van der Waals surface area contributed by atoms with Gasteiger partial charge in [-0.25, -0.2) is 17.2 Å². The lowest BCUT2D eigenvalue weighted by Gasteiger charge is -2.38. The summed E-state index contributed by atoms with van der Waals surface area (Å²) in [5.41, 5.74) is -2.02. The van der Waals surface area contributed by atoms with Crippen LogP contribution in [0, 0.1) is 11.3 Å². The smallest absolute Gasteiger partial charge is 0.259 e. The van der Waals surface area contributed by atoms with Gasteiger partial charge in [0.05, 0.1) is 30.4 Å². The zero-order valence-electron chi connectivity index (χ0n) is 28.8. The number of hydrogen-bond acceptors (Lipinski definition) is 10. The molecule has 274 valence electrons. The molecular formula is C33H46F2N8O6S. The topological polar surface area (TPSA) is 178 Å². The highest BCUT2D eigenvalue weighted by molar-refractivity contribution is 7.91. The number of tetrazole rings is 1. The maximum absolute atomic E-state index is 14.5. The van der Waals surface area contributed by atoms with Crippen LogP contribution in [0.15, 0.2) is 24.3 Å². The summed E-state index contributed by atoms with van der Waals surface area (Å²) in [5.74, 6) is -2.99. The quantitative estimate of drug-likeness (QED) is 0.295. The molecule has 5 atom stereocenters. The predicted octanol–water partition coefficient (Wildman–Crippen LogP) is 2.58. The standard InChI is InChI=1S/C33H46F2N8O6S/c1-32(2,3)26(36-20-8-6-5-7-9-20)30(45)42-18-21(43-39-28(38-41-43)19-10-12-22(49-4)13-11-19)16-25(42)29(44)37-33(17-24(33)27(34)35)31(46)40-50(47,48)23-14-15-23/h10-13,20-21,23-27,36H,5-9,14-18H2,1-4H3,(H,37,44)(H,40,46)/t21-,24+,25?,26-,33-/m1/s1. The summed E-state index contributed by atoms with van der Waals surface area (Å²) >= 11 is 0. The van der Waals surface area contributed by atoms with E-state index in [1.54, 1.807) is 31.4 Å². The average molecular weight is 721 g/mol. The summed E-state index contributed by atoms with van der Waals surface area (Å²) in [6.45, 7) is 5.82. The zero-order chi connectivity index (χ0) is 36.0. The summed E-state index contributed by atoms with van der Waals surface area (Å²) in [6.07, 6.45) is 2.36. The number of benzene rings is 1. The number of halogens is 2. The van der Waals surface area contributed by atoms with Crippen LogP contribution >= 0.6 is 0 Å². The number of amides is 3. The van der Waals surface area contributed by atoms with Gasteiger partial charge in [0, 0.05) is 24.6 Å². The molecule has 3 N–H and O–H groups in total. The third-order valence-corrected chi connectivity index (χ3v) is 12.2. The first-order valence-corrected chi connectivity index (χ1v) is 18.8. The van der Waals surface area contributed by atoms with Crippen molar-refractivity contribution in [2.45, 2.75) is 120 Å². The highest BCUT2D eigenvalue weighted by Gasteiger charge is 2.66. The lowest BCUT2D eigenvalue weighted by Crippen LogP contribution is -2.60. The van der Waals surface area contributed by atoms with E-state index in [2.05, 4.69) is 26.0 Å². The van der Waals surface area contributed by atoms with Gasteiger partial charge in [0.25, 0.3) is 5.91 Å². The maximum Gasteiger partial charge on any atom is 0.259 e. The second kappa shape index (κ2) is 13.8. The summed E-state index contributed by atoms with van der Waals surface area (Å²) < 4.78 is 60.4. The molecule has 1 unspecified atom stereocenters. The van der Waals surface area contributed by atoms with E-state index in [1.165, 1.54) is 9.70 Å². The molecule has 1 aliphatic heterocycles. The van der Waals surface area contributed by atoms with Gasteiger partial charge >= 0.3 is 0 Å². The number of hydrogen-bond donors (Lipinski definition) is 3. The normalized spacial score (nSPS) is 26.5. The minimum Gasteiger partial charge on any atom is -0.497 e. The van der Waals surface area contributed by atoms with Crippen molar-refractivity contribution >= 4 is 27.7 Å². The van der Waals surface area contributed by atoms with E-state index < -0.39 is 74.9 Å². The summed E-state index contributed by atoms with van der Waals surface area (Å²) in [5, 5.41) is 18.2. The molecule has 1 saturated heterocycles. The number of carbonyl (C=O) groups is 3. The molecular weight excluding hydrogens is 674 g/mol. The van der Waals surface area contributed by atoms with Gasteiger partial charge in [-0.2, -0.15) is 4.80 Å². The lowest BCUT2D eigenvalue weighted by molar-refractivity contribution is -0.143. The number of nitrogens with one attached hydrogen (secondary N) is 3. The average Bonchev–Trinajstić information content (AvgIpc) is 3.96. The number of aromatic nitrogens is 4. The Bertz CT molecular complexity index is 1690. The Balaban J connectivity index is 1.28. The highest BCUT2D eigenvalue weighted by Crippen LogP contribution is 2.48. The van der Waals surface area contributed by atoms with Crippen molar-refractivity contribution in [3.63, 3.8) is 0 Å². The molecule has 4 fully saturated rings. The van der Waals surface area contributed by atoms with Gasteiger partial charge in [-0.15, -0.1) is 10.2 Å². The Kier molecular flexibility index (Phi) is 9.93. The van der Waals surface area contributed by atoms with Crippen LogP contribution in [0.1, 0.15) is 84.6 Å². The van der Waals surface area contributed by atoms with Crippen molar-refractivity contribution in [2.75, 3.05) is 13.7 Å². The molecule has 3 aliphatic carbocycles. The van der Waals surface area contributed by atoms with Crippen LogP contribution in [-0.2, 0) is 24.4 Å². The maximum atomic E-state index is 14.5. The largest absolute Gasteiger partial charge is 0.497 e. The van der Waals surface area contributed by atoms with Crippen LogP contribution in [-0.4, -0.2) is 100 Å². The van der Waals surface area contributed by atoms with E-state index in [-0.39, 0.29) is 24.9 Å². The first-order chi connectivity index (χ1) is 23.6. The van der Waals surface area contributed by atoms with Gasteiger partial charge in [-0.05, 0) is 67.0 Å². The van der Waals surface area contributed by atoms with Crippen molar-refractivity contribution in [3.05, 3.63) is 24.3 Å². The monoisotopic (exact) mass is 720 g/mol. The number of rotatable bonds is 12. The van der Waals surface area contributed by atoms with E-state index >= 15 is 0 Å². The molecule has 17 heteroatoms. The SMILES string of the molecule is COc1ccc(-c2nnn([C@@H]3CC(C(=O)N[C@]4(C(=O)NS(=O)(=O)C5CC5)C[C@H]4C(F)F)N(C(=O)[C@@H](NC4CCCCC4)C(C)(C)C)C3)n2)cc1. The fourth-order valence-electron chi connectivity index (χ4n) is 7.11. The lowest BCUT2D eigenvalue weighted by atomic mass is 9.83. The van der Waals surface area contributed by atoms with E-state index in [4.69, 9.17) is 4.74 Å². The Morgan fingerprint density at radius 2 is 1.72 bits per heavy atom. The van der Waals surface area contributed by atoms with Gasteiger partial charge < -0.3 is 20.3 Å². The third kappa shape index (κ3) is 7.48. The van der Waals surface area contributed by atoms with Crippen LogP contribution in [0.3, 0.4) is 0 Å². The number of likely N-dealkylation sites (tertiary alicyclic amines) is 1. The van der Waals surface area contributed by atoms with Crippen molar-refractivity contribution in [2.24, 2.45) is 11.3 Å². The molecule has 3 amide bonds. The summed E-state index contributed by atoms with van der Waals surface area (Å²) in [4.78, 5) is 44.7. The van der Waals surface area contributed by atoms with E-state index in [0.29, 0.717) is 30.0 Å². The van der Waals surface area contributed by atoms with Gasteiger partial charge in [-0.1, -0.05) is 40.0 Å². The molecule has 14 nitrogen and oxygen atoms in total. The van der Waals surface area contributed by atoms with Crippen LogP contribution in [0.25, 0.3) is 11.4 Å². The Labute approximate surface area is 290 Å². The molecule has 0 spiro atoms. The first kappa shape index (κ1) is 36.1. The minimum atomic E-state index is -4.07. The van der Waals surface area contributed by atoms with E-state index in [0.717, 1.165) is 32.1 Å². The van der Waals surface area contributed by atoms with E-state index in [1.807, 2.05) is 25.5 Å². The Morgan fingerprint density at radius 3 is 2.30 bits per heavy atom. The van der Waals surface area contributed by atoms with Gasteiger partial charge in [0.15, 0.2) is 0 Å². The highest BCUT2D eigenvalue weighted by atomic mass is 32.2. The zero-order valence-corrected chi connectivity index (χ0v) is 29.6. The number of methoxy groups -OCH3 is 1. The van der Waals surface area contributed by atoms with Crippen molar-refractivity contribution in [1.29, 1.82) is 0 Å². The Hall–Kier alpha value is -3.73. The molecule has 3 saturated carbocycles. The van der Waals surface area contributed by atoms with Crippen LogP contribution in [0.2, 0.25) is 0 Å². The van der Waals surface area contributed by atoms with Gasteiger partial charge in [0.1, 0.15) is 17.3 Å². The number of carbonyl (C=O) groups excluding carboxylic acids is 3. The molecule has 50 heavy (non-hydrogen) atoms. The molecule has 0 bridgehead atoms. The number of alkyl halides is 2. The molecule has 0 radical (unpaired) electrons. The molecule has 2 heterocycles. The van der Waals surface area contributed by atoms with Crippen molar-refractivity contribution in [1.82, 2.24) is 40.5 Å². The fourth-order valence-corrected chi connectivity index (χ4v) is 8.47. The third-order valence-electron chi connectivity index (χ3n) is 10.4. The van der Waals surface area contributed by atoms with Crippen molar-refractivity contribution in [3.8, 4) is 17.1 Å². The van der Waals surface area contributed by atoms with Gasteiger partial charge in [-0.3, -0.25) is 19.1 Å². The predicted molar refractivity (Wildman–Crippen MR) is 177 cm³/mol. The first-order valence-electron chi connectivity index (χ1n) is 17.3. The van der Waals surface area contributed by atoms with Crippen LogP contribution in [0.4, 0.5) is 8.78 Å². The molecule has 6 rings (SSSR count). The second-order valence-corrected chi connectivity index (χ2v) is 17.1. The van der Waals surface area contributed by atoms with Gasteiger partial charge in [0.2, 0.25) is 34.1 Å². The van der Waals surface area contributed by atoms with E-state index in [9.17, 15) is 31.6 Å². The number of ether oxygens (including phenoxy) is 1. The van der Waals surface area contributed by atoms with Crippen LogP contribution in [0.5, 0.6) is 5.75 Å². The second-order valence-electron chi connectivity index (χ2n) is 15.1. The summed E-state index contributed by atoms with van der Waals surface area (Å²) in [6, 6.07) is 4.68. The number of sulfonamides is 1. The van der Waals surface area contributed by atoms with Crippen LogP contribution < -0.4 is 20.1 Å². The molecule has 2 aromatic rings. The minimum absolute atomic E-state index is 0.00763. The Morgan fingerprint density at radius 1 is 1.04 bits per heavy atom. The molecule has 1 aromatic heterocycles. The molecule has 1 aromatic carbocycles. The van der Waals surface area contributed by atoms with Crippen molar-refractivity contribution < 1.29 is 36.3 Å².